The lowest BCUT2D eigenvalue weighted by Gasteiger charge is -2.30. The molecule has 0 bridgehead atoms. The van der Waals surface area contributed by atoms with E-state index in [1.165, 1.54) is 12.1 Å². The lowest BCUT2D eigenvalue weighted by atomic mass is 10.0. The summed E-state index contributed by atoms with van der Waals surface area (Å²) in [6.07, 6.45) is 2.00. The van der Waals surface area contributed by atoms with Gasteiger partial charge < -0.3 is 9.84 Å². The third-order valence-electron chi connectivity index (χ3n) is 3.92. The number of halogens is 2. The van der Waals surface area contributed by atoms with Gasteiger partial charge >= 0.3 is 12.6 Å². The first kappa shape index (κ1) is 15.7. The minimum absolute atomic E-state index is 0.0366. The second kappa shape index (κ2) is 6.85. The molecule has 1 heterocycles. The van der Waals surface area contributed by atoms with E-state index >= 15 is 0 Å². The van der Waals surface area contributed by atoms with Crippen LogP contribution in [0.4, 0.5) is 8.78 Å². The molecule has 0 spiro atoms. The van der Waals surface area contributed by atoms with Crippen LogP contribution in [0.15, 0.2) is 24.3 Å². The Morgan fingerprint density at radius 1 is 1.43 bits per heavy atom. The summed E-state index contributed by atoms with van der Waals surface area (Å²) in [4.78, 5) is 13.1. The van der Waals surface area contributed by atoms with Crippen molar-refractivity contribution in [1.82, 2.24) is 4.90 Å². The van der Waals surface area contributed by atoms with Gasteiger partial charge in [0.15, 0.2) is 0 Å². The molecule has 4 nitrogen and oxygen atoms in total. The highest BCUT2D eigenvalue weighted by molar-refractivity contribution is 5.67. The van der Waals surface area contributed by atoms with Crippen LogP contribution in [-0.2, 0) is 4.79 Å². The number of aliphatic carboxylic acids is 1. The van der Waals surface area contributed by atoms with Gasteiger partial charge in [-0.2, -0.15) is 8.78 Å². The summed E-state index contributed by atoms with van der Waals surface area (Å²) in [6.45, 7) is 0.0316. The summed E-state index contributed by atoms with van der Waals surface area (Å²) in [6, 6.07) is 6.62. The van der Waals surface area contributed by atoms with Gasteiger partial charge in [-0.15, -0.1) is 0 Å². The molecule has 0 aliphatic carbocycles. The van der Waals surface area contributed by atoms with E-state index in [0.29, 0.717) is 0 Å². The minimum atomic E-state index is -2.83. The summed E-state index contributed by atoms with van der Waals surface area (Å²) in [5.74, 6) is -0.663. The number of benzene rings is 1. The molecule has 1 aliphatic heterocycles. The van der Waals surface area contributed by atoms with Crippen molar-refractivity contribution in [3.8, 4) is 5.75 Å². The van der Waals surface area contributed by atoms with Crippen LogP contribution in [0.25, 0.3) is 0 Å². The molecule has 0 aromatic heterocycles. The fourth-order valence-corrected chi connectivity index (χ4v) is 2.91. The maximum Gasteiger partial charge on any atom is 0.387 e. The molecule has 1 aromatic rings. The normalized spacial score (nSPS) is 20.7. The lowest BCUT2D eigenvalue weighted by molar-refractivity contribution is -0.138. The molecular weight excluding hydrogens is 280 g/mol. The minimum Gasteiger partial charge on any atom is -0.481 e. The van der Waals surface area contributed by atoms with Crippen molar-refractivity contribution < 1.29 is 23.4 Å². The van der Waals surface area contributed by atoms with Gasteiger partial charge in [0.25, 0.3) is 0 Å². The average Bonchev–Trinajstić information content (AvgIpc) is 2.85. The average molecular weight is 299 g/mol. The Morgan fingerprint density at radius 2 is 2.10 bits per heavy atom. The number of likely N-dealkylation sites (tertiary alicyclic amines) is 1. The fraction of sp³-hybridized carbons (Fsp3) is 0.533. The molecule has 6 heteroatoms. The van der Waals surface area contributed by atoms with Crippen molar-refractivity contribution in [1.29, 1.82) is 0 Å². The number of hydrogen-bond donors (Lipinski definition) is 1. The summed E-state index contributed by atoms with van der Waals surface area (Å²) in [5.41, 5.74) is 0.967. The van der Waals surface area contributed by atoms with Crippen LogP contribution in [-0.4, -0.2) is 35.2 Å². The van der Waals surface area contributed by atoms with Gasteiger partial charge in [0.2, 0.25) is 0 Å². The highest BCUT2D eigenvalue weighted by Crippen LogP contribution is 2.31. The molecule has 2 unspecified atom stereocenters. The summed E-state index contributed by atoms with van der Waals surface area (Å²) >= 11 is 0. The zero-order valence-electron chi connectivity index (χ0n) is 11.8. The monoisotopic (exact) mass is 299 g/mol. The maximum absolute atomic E-state index is 12.1. The quantitative estimate of drug-likeness (QED) is 0.875. The number of carboxylic acid groups (broad SMARTS) is 1. The topological polar surface area (TPSA) is 49.8 Å². The van der Waals surface area contributed by atoms with Crippen LogP contribution in [0, 0.1) is 0 Å². The van der Waals surface area contributed by atoms with Crippen molar-refractivity contribution in [2.24, 2.45) is 0 Å². The Kier molecular flexibility index (Phi) is 5.12. The third kappa shape index (κ3) is 4.14. The first-order valence-corrected chi connectivity index (χ1v) is 6.99. The van der Waals surface area contributed by atoms with Gasteiger partial charge in [-0.25, -0.2) is 0 Å². The summed E-state index contributed by atoms with van der Waals surface area (Å²) in [7, 11) is 0. The van der Waals surface area contributed by atoms with E-state index in [2.05, 4.69) is 9.64 Å². The number of carboxylic acids is 1. The highest BCUT2D eigenvalue weighted by Gasteiger charge is 2.30. The van der Waals surface area contributed by atoms with E-state index in [0.717, 1.165) is 24.9 Å². The smallest absolute Gasteiger partial charge is 0.387 e. The number of ether oxygens (including phenoxy) is 1. The Hall–Kier alpha value is -1.69. The highest BCUT2D eigenvalue weighted by atomic mass is 19.3. The van der Waals surface area contributed by atoms with Gasteiger partial charge in [0.05, 0.1) is 6.42 Å². The van der Waals surface area contributed by atoms with E-state index in [9.17, 15) is 13.6 Å². The standard InChI is InChI=1S/C15H19F2NO3/c1-10(18-8-2-3-12(18)9-14(19)20)11-4-6-13(7-5-11)21-15(16)17/h4-7,10,12,15H,2-3,8-9H2,1H3,(H,19,20). The van der Waals surface area contributed by atoms with Crippen LogP contribution in [0.5, 0.6) is 5.75 Å². The fourth-order valence-electron chi connectivity index (χ4n) is 2.91. The van der Waals surface area contributed by atoms with Gasteiger partial charge in [0.1, 0.15) is 5.75 Å². The number of alkyl halides is 2. The Morgan fingerprint density at radius 3 is 2.67 bits per heavy atom. The van der Waals surface area contributed by atoms with Crippen molar-refractivity contribution in [2.45, 2.75) is 44.9 Å². The molecule has 0 saturated carbocycles. The lowest BCUT2D eigenvalue weighted by Crippen LogP contribution is -2.33. The number of carbonyl (C=O) groups is 1. The van der Waals surface area contributed by atoms with E-state index in [4.69, 9.17) is 5.11 Å². The Balaban J connectivity index is 2.04. The van der Waals surface area contributed by atoms with Crippen LogP contribution >= 0.6 is 0 Å². The van der Waals surface area contributed by atoms with E-state index in [1.54, 1.807) is 12.1 Å². The molecule has 1 saturated heterocycles. The first-order valence-electron chi connectivity index (χ1n) is 6.99. The number of rotatable bonds is 6. The largest absolute Gasteiger partial charge is 0.481 e. The van der Waals surface area contributed by atoms with Crippen LogP contribution in [0.1, 0.15) is 37.8 Å². The molecule has 0 radical (unpaired) electrons. The molecule has 1 N–H and O–H groups in total. The van der Waals surface area contributed by atoms with Gasteiger partial charge in [-0.1, -0.05) is 12.1 Å². The molecule has 21 heavy (non-hydrogen) atoms. The second-order valence-electron chi connectivity index (χ2n) is 5.26. The number of hydrogen-bond acceptors (Lipinski definition) is 3. The first-order chi connectivity index (χ1) is 9.97. The van der Waals surface area contributed by atoms with Crippen LogP contribution in [0.3, 0.4) is 0 Å². The van der Waals surface area contributed by atoms with Crippen molar-refractivity contribution in [2.75, 3.05) is 6.54 Å². The number of nitrogens with zero attached hydrogens (tertiary/aromatic N) is 1. The predicted octanol–water partition coefficient (Wildman–Crippen LogP) is 3.29. The van der Waals surface area contributed by atoms with Gasteiger partial charge in [-0.3, -0.25) is 9.69 Å². The van der Waals surface area contributed by atoms with Crippen molar-refractivity contribution >= 4 is 5.97 Å². The molecule has 1 fully saturated rings. The van der Waals surface area contributed by atoms with Gasteiger partial charge in [-0.05, 0) is 44.0 Å². The van der Waals surface area contributed by atoms with E-state index in [1.807, 2.05) is 6.92 Å². The second-order valence-corrected chi connectivity index (χ2v) is 5.26. The molecular formula is C15H19F2NO3. The summed E-state index contributed by atoms with van der Waals surface area (Å²) in [5, 5.41) is 8.95. The molecule has 1 aliphatic rings. The molecule has 1 aromatic carbocycles. The SMILES string of the molecule is CC(c1ccc(OC(F)F)cc1)N1CCCC1CC(=O)O. The zero-order valence-corrected chi connectivity index (χ0v) is 11.8. The molecule has 0 amide bonds. The Labute approximate surface area is 122 Å². The zero-order chi connectivity index (χ0) is 15.4. The van der Waals surface area contributed by atoms with Gasteiger partial charge in [0, 0.05) is 12.1 Å². The maximum atomic E-state index is 12.1. The molecule has 116 valence electrons. The van der Waals surface area contributed by atoms with Crippen LogP contribution < -0.4 is 4.74 Å². The van der Waals surface area contributed by atoms with E-state index < -0.39 is 12.6 Å². The van der Waals surface area contributed by atoms with E-state index in [-0.39, 0.29) is 24.3 Å². The summed E-state index contributed by atoms with van der Waals surface area (Å²) < 4.78 is 28.5. The van der Waals surface area contributed by atoms with Crippen molar-refractivity contribution in [3.05, 3.63) is 29.8 Å². The molecule has 2 atom stereocenters. The Bertz CT molecular complexity index is 478. The third-order valence-corrected chi connectivity index (χ3v) is 3.92. The predicted molar refractivity (Wildman–Crippen MR) is 73.5 cm³/mol. The van der Waals surface area contributed by atoms with Crippen LogP contribution in [0.2, 0.25) is 0 Å². The van der Waals surface area contributed by atoms with Crippen molar-refractivity contribution in [3.63, 3.8) is 0 Å². The molecule has 2 rings (SSSR count).